The maximum atomic E-state index is 14.2. The van der Waals surface area contributed by atoms with Crippen molar-refractivity contribution < 1.29 is 71.7 Å². The molecule has 0 spiro atoms. The minimum atomic E-state index is -5.13. The number of nitrogens with zero attached hydrogens (tertiary/aromatic N) is 6. The molecule has 2 aliphatic rings. The molecule has 11 nitrogen and oxygen atoms in total. The van der Waals surface area contributed by atoms with Gasteiger partial charge in [-0.1, -0.05) is 42.7 Å². The van der Waals surface area contributed by atoms with Gasteiger partial charge in [-0.2, -0.15) is 52.7 Å². The highest BCUT2D eigenvalue weighted by Gasteiger charge is 2.40. The topological polar surface area (TPSA) is 103 Å². The van der Waals surface area contributed by atoms with Crippen molar-refractivity contribution in [2.45, 2.75) is 130 Å². The maximum absolute atomic E-state index is 14.2. The molecule has 3 atom stereocenters. The molecule has 0 aliphatic heterocycles. The summed E-state index contributed by atoms with van der Waals surface area (Å²) in [4.78, 5) is 43.7. The number of methoxy groups -OCH3 is 1. The molecule has 2 heterocycles. The smallest absolute Gasteiger partial charge is 0.416 e. The van der Waals surface area contributed by atoms with E-state index in [-0.39, 0.29) is 47.7 Å². The molecular formula is C61H65F12N7O4S. The van der Waals surface area contributed by atoms with Crippen molar-refractivity contribution in [1.82, 2.24) is 25.1 Å². The Labute approximate surface area is 489 Å². The Bertz CT molecular complexity index is 3300. The van der Waals surface area contributed by atoms with E-state index < -0.39 is 83.9 Å². The number of carbonyl (C=O) groups excluding carboxylic acids is 2. The number of halogens is 12. The van der Waals surface area contributed by atoms with E-state index in [1.807, 2.05) is 68.1 Å². The lowest BCUT2D eigenvalue weighted by atomic mass is 9.99. The lowest BCUT2D eigenvalue weighted by Crippen LogP contribution is -2.43. The zero-order chi connectivity index (χ0) is 61.8. The summed E-state index contributed by atoms with van der Waals surface area (Å²) in [5.74, 6) is 1.07. The molecule has 4 aromatic carbocycles. The van der Waals surface area contributed by atoms with Crippen LogP contribution in [0.4, 0.5) is 73.9 Å². The third-order valence-corrected chi connectivity index (χ3v) is 16.2. The van der Waals surface area contributed by atoms with Crippen LogP contribution < -0.4 is 15.1 Å². The number of pyridine rings is 2. The van der Waals surface area contributed by atoms with Gasteiger partial charge in [-0.3, -0.25) is 10.2 Å². The fraction of sp³-hybridized carbons (Fsp3) is 0.459. The molecule has 1 N–H and O–H groups in total. The Balaban J connectivity index is 1.02. The van der Waals surface area contributed by atoms with Crippen LogP contribution >= 0.6 is 12.2 Å². The van der Waals surface area contributed by atoms with Crippen LogP contribution in [0.1, 0.15) is 116 Å². The van der Waals surface area contributed by atoms with Crippen LogP contribution in [0, 0.1) is 24.7 Å². The van der Waals surface area contributed by atoms with Crippen molar-refractivity contribution in [1.29, 1.82) is 0 Å². The molecule has 0 bridgehead atoms. The monoisotopic (exact) mass is 1220 g/mol. The number of alkyl carbamates (subject to hydrolysis) is 1. The van der Waals surface area contributed by atoms with Gasteiger partial charge in [0.1, 0.15) is 17.7 Å². The number of nitrogens with one attached hydrogen (secondary N) is 1. The van der Waals surface area contributed by atoms with Gasteiger partial charge < -0.3 is 24.2 Å². The van der Waals surface area contributed by atoms with Gasteiger partial charge in [0.25, 0.3) is 0 Å². The average molecular weight is 1220 g/mol. The van der Waals surface area contributed by atoms with E-state index >= 15 is 0 Å². The molecule has 2 amide bonds. The molecule has 0 radical (unpaired) electrons. The van der Waals surface area contributed by atoms with Crippen molar-refractivity contribution in [3.05, 3.63) is 141 Å². The van der Waals surface area contributed by atoms with Crippen LogP contribution in [0.3, 0.4) is 0 Å². The first kappa shape index (κ1) is 63.9. The van der Waals surface area contributed by atoms with E-state index in [0.717, 1.165) is 48.6 Å². The molecule has 2 saturated carbocycles. The van der Waals surface area contributed by atoms with Crippen LogP contribution in [-0.2, 0) is 60.4 Å². The van der Waals surface area contributed by atoms with Crippen LogP contribution in [0.25, 0.3) is 21.8 Å². The summed E-state index contributed by atoms with van der Waals surface area (Å²) in [6.45, 7) is 7.54. The van der Waals surface area contributed by atoms with Crippen LogP contribution in [-0.4, -0.2) is 76.5 Å². The standard InChI is InChI=1S/C61H65F12N7O4S/c1-6-77(30-38-12-8-9-13-38)53-45(26-43-14-10-11-15-51(43)74-53)34-79(32-40-22-47(58(62,63)64)28-48(23-40)59(65,66)67)55(85)76-56(81)84-37(4)42-18-17-39(21-42)31-78(7-2)54-46(27-44-20-36(3)16-19-52(44)75-54)35-80(57(82)83-5)33-41-24-49(60(68,69)70)29-50(25-41)61(71,72)73/h10-11,14-16,19-20,22-29,37-39,42H,6-9,12-13,17-18,21,30-35H2,1-5H3,(H,76,81,85). The molecule has 2 aromatic heterocycles. The Kier molecular flexibility index (Phi) is 19.7. The van der Waals surface area contributed by atoms with Gasteiger partial charge in [0.05, 0.1) is 46.9 Å². The molecule has 85 heavy (non-hydrogen) atoms. The van der Waals surface area contributed by atoms with Gasteiger partial charge in [-0.05, 0) is 168 Å². The number of hydrogen-bond acceptors (Lipinski definition) is 9. The van der Waals surface area contributed by atoms with Gasteiger partial charge in [0, 0.05) is 67.7 Å². The van der Waals surface area contributed by atoms with E-state index in [0.29, 0.717) is 115 Å². The van der Waals surface area contributed by atoms with Crippen molar-refractivity contribution >= 4 is 63.0 Å². The number of benzene rings is 4. The molecular weight excluding hydrogens is 1150 g/mol. The summed E-state index contributed by atoms with van der Waals surface area (Å²) in [7, 11) is 1.04. The first-order chi connectivity index (χ1) is 40.0. The largest absolute Gasteiger partial charge is 0.453 e. The fourth-order valence-corrected chi connectivity index (χ4v) is 11.8. The summed E-state index contributed by atoms with van der Waals surface area (Å²) in [6, 6.07) is 18.8. The Morgan fingerprint density at radius 1 is 0.612 bits per heavy atom. The van der Waals surface area contributed by atoms with Crippen molar-refractivity contribution in [3.8, 4) is 0 Å². The summed E-state index contributed by atoms with van der Waals surface area (Å²) >= 11 is 5.80. The molecule has 8 rings (SSSR count). The van der Waals surface area contributed by atoms with Gasteiger partial charge >= 0.3 is 36.9 Å². The predicted molar refractivity (Wildman–Crippen MR) is 302 cm³/mol. The van der Waals surface area contributed by atoms with E-state index in [2.05, 4.69) is 10.2 Å². The molecule has 458 valence electrons. The number of carbonyl (C=O) groups is 2. The number of amides is 2. The van der Waals surface area contributed by atoms with E-state index in [1.54, 1.807) is 19.1 Å². The number of alkyl halides is 12. The van der Waals surface area contributed by atoms with Gasteiger partial charge in [0.2, 0.25) is 0 Å². The van der Waals surface area contributed by atoms with Crippen LogP contribution in [0.15, 0.2) is 91.0 Å². The third-order valence-electron chi connectivity index (χ3n) is 15.8. The van der Waals surface area contributed by atoms with Crippen molar-refractivity contribution in [2.24, 2.45) is 17.8 Å². The molecule has 6 aromatic rings. The number of ether oxygens (including phenoxy) is 2. The highest BCUT2D eigenvalue weighted by Crippen LogP contribution is 2.41. The normalized spacial score (nSPS) is 16.4. The Hall–Kier alpha value is -7.11. The molecule has 3 unspecified atom stereocenters. The first-order valence-corrected chi connectivity index (χ1v) is 28.3. The summed E-state index contributed by atoms with van der Waals surface area (Å²) in [5.41, 5.74) is -3.83. The highest BCUT2D eigenvalue weighted by molar-refractivity contribution is 7.80. The number of aryl methyl sites for hydroxylation is 1. The number of hydrogen-bond donors (Lipinski definition) is 1. The number of fused-ring (bicyclic) bond motifs is 2. The number of anilines is 2. The summed E-state index contributed by atoms with van der Waals surface area (Å²) in [5, 5.41) is 3.59. The number of thiocarbonyl (C=S) groups is 1. The minimum Gasteiger partial charge on any atom is -0.453 e. The summed E-state index contributed by atoms with van der Waals surface area (Å²) in [6.07, 6.45) is -17.3. The van der Waals surface area contributed by atoms with E-state index in [1.165, 1.54) is 4.90 Å². The van der Waals surface area contributed by atoms with Crippen LogP contribution in [0.2, 0.25) is 0 Å². The third kappa shape index (κ3) is 16.3. The van der Waals surface area contributed by atoms with Gasteiger partial charge in [0.15, 0.2) is 5.11 Å². The zero-order valence-corrected chi connectivity index (χ0v) is 48.2. The number of para-hydroxylation sites is 1. The Morgan fingerprint density at radius 2 is 1.09 bits per heavy atom. The molecule has 2 aliphatic carbocycles. The maximum Gasteiger partial charge on any atom is 0.416 e. The van der Waals surface area contributed by atoms with Gasteiger partial charge in [-0.15, -0.1) is 0 Å². The zero-order valence-electron chi connectivity index (χ0n) is 47.3. The molecule has 0 saturated heterocycles. The van der Waals surface area contributed by atoms with Gasteiger partial charge in [-0.25, -0.2) is 19.6 Å². The lowest BCUT2D eigenvalue weighted by molar-refractivity contribution is -0.144. The van der Waals surface area contributed by atoms with Crippen molar-refractivity contribution in [3.63, 3.8) is 0 Å². The number of rotatable bonds is 18. The number of aromatic nitrogens is 2. The lowest BCUT2D eigenvalue weighted by Gasteiger charge is -2.31. The van der Waals surface area contributed by atoms with E-state index in [9.17, 15) is 62.3 Å². The second kappa shape index (κ2) is 26.2. The van der Waals surface area contributed by atoms with Crippen LogP contribution in [0.5, 0.6) is 0 Å². The second-order valence-corrected chi connectivity index (χ2v) is 22.4. The molecule has 2 fully saturated rings. The summed E-state index contributed by atoms with van der Waals surface area (Å²) < 4.78 is 180. The van der Waals surface area contributed by atoms with Crippen molar-refractivity contribution in [2.75, 3.05) is 43.1 Å². The SMILES string of the molecule is CCN(CC1CCCC1)c1nc2ccccc2cc1CN(Cc1cc(C(F)(F)F)cc(C(F)(F)F)c1)C(=S)NC(=O)OC(C)C1CCC(CN(CC)c2nc3ccc(C)cc3cc2CN(Cc2cc(C(F)(F)F)cc(C(F)(F)F)c2)C(=O)OC)C1. The quantitative estimate of drug-likeness (QED) is 0.0661. The second-order valence-electron chi connectivity index (χ2n) is 22.0. The predicted octanol–water partition coefficient (Wildman–Crippen LogP) is 16.3. The highest BCUT2D eigenvalue weighted by atomic mass is 32.1. The Morgan fingerprint density at radius 3 is 1.61 bits per heavy atom. The minimum absolute atomic E-state index is 0.00933. The fourth-order valence-electron chi connectivity index (χ4n) is 11.6. The van der Waals surface area contributed by atoms with E-state index in [4.69, 9.17) is 31.7 Å². The molecule has 24 heteroatoms. The average Bonchev–Trinajstić information content (AvgIpc) is 4.35. The first-order valence-electron chi connectivity index (χ1n) is 27.9.